The van der Waals surface area contributed by atoms with Crippen LogP contribution in [0.25, 0.3) is 0 Å². The molecule has 3 heterocycles. The van der Waals surface area contributed by atoms with E-state index in [4.69, 9.17) is 14.6 Å². The lowest BCUT2D eigenvalue weighted by molar-refractivity contribution is -0.176. The second-order valence-corrected chi connectivity index (χ2v) is 10.7. The Morgan fingerprint density at radius 3 is 2.69 bits per heavy atom. The third-order valence-corrected chi connectivity index (χ3v) is 7.64. The maximum Gasteiger partial charge on any atom is 0.305 e. The number of amides is 1. The van der Waals surface area contributed by atoms with Crippen molar-refractivity contribution in [2.45, 2.75) is 44.6 Å². The highest BCUT2D eigenvalue weighted by molar-refractivity contribution is 7.09. The van der Waals surface area contributed by atoms with E-state index in [1.165, 1.54) is 11.1 Å². The molecule has 0 unspecified atom stereocenters. The fraction of sp³-hybridized carbons (Fsp3) is 0.577. The number of hydrogen-bond acceptors (Lipinski definition) is 7. The molecule has 0 atom stereocenters. The molecular weight excluding hydrogens is 466 g/mol. The number of nitrogens with zero attached hydrogens (tertiary/aromatic N) is 3. The second-order valence-electron chi connectivity index (χ2n) is 9.77. The van der Waals surface area contributed by atoms with Gasteiger partial charge in [0.1, 0.15) is 11.3 Å². The number of ether oxygens (including phenoxy) is 2. The van der Waals surface area contributed by atoms with Crippen LogP contribution in [-0.2, 0) is 27.1 Å². The third kappa shape index (κ3) is 6.88. The standard InChI is InChI=1S/C26H35N3O5S/c1-19(2)24-27-22(15-35-24)25(32)29-10-13-34-26(18-29)16-28(17-26)9-6-20-4-3-5-21(14-20)7-11-33-12-8-23(30)31/h3-5,14-15,19H,6-13,16-18H2,1-2H3,(H,30,31). The number of morpholine rings is 1. The molecule has 9 heteroatoms. The van der Waals surface area contributed by atoms with E-state index in [1.54, 1.807) is 11.3 Å². The molecule has 2 aromatic rings. The van der Waals surface area contributed by atoms with Crippen molar-refractivity contribution in [1.29, 1.82) is 0 Å². The Morgan fingerprint density at radius 1 is 1.20 bits per heavy atom. The molecule has 4 rings (SSSR count). The van der Waals surface area contributed by atoms with Crippen LogP contribution in [0.1, 0.15) is 52.8 Å². The summed E-state index contributed by atoms with van der Waals surface area (Å²) in [5.74, 6) is -0.494. The average molecular weight is 502 g/mol. The molecule has 1 aromatic heterocycles. The molecular formula is C26H35N3O5S. The second kappa shape index (κ2) is 11.6. The van der Waals surface area contributed by atoms with Gasteiger partial charge in [0.05, 0.1) is 37.8 Å². The number of carbonyl (C=O) groups excluding carboxylic acids is 1. The van der Waals surface area contributed by atoms with Gasteiger partial charge in [0, 0.05) is 37.5 Å². The quantitative estimate of drug-likeness (QED) is 0.473. The van der Waals surface area contributed by atoms with E-state index in [0.29, 0.717) is 37.9 Å². The van der Waals surface area contributed by atoms with Gasteiger partial charge in [-0.05, 0) is 24.0 Å². The fourth-order valence-electron chi connectivity index (χ4n) is 4.63. The highest BCUT2D eigenvalue weighted by Crippen LogP contribution is 2.30. The zero-order valence-corrected chi connectivity index (χ0v) is 21.4. The van der Waals surface area contributed by atoms with Gasteiger partial charge in [0.15, 0.2) is 0 Å². The van der Waals surface area contributed by atoms with Crippen molar-refractivity contribution in [2.75, 3.05) is 52.5 Å². The molecule has 1 aromatic carbocycles. The summed E-state index contributed by atoms with van der Waals surface area (Å²) in [6.07, 6.45) is 1.76. The molecule has 0 bridgehead atoms. The Hall–Kier alpha value is -2.33. The van der Waals surface area contributed by atoms with E-state index < -0.39 is 5.97 Å². The molecule has 2 aliphatic rings. The van der Waals surface area contributed by atoms with E-state index in [-0.39, 0.29) is 24.5 Å². The molecule has 2 aliphatic heterocycles. The van der Waals surface area contributed by atoms with Gasteiger partial charge >= 0.3 is 5.97 Å². The lowest BCUT2D eigenvalue weighted by Crippen LogP contribution is -2.70. The van der Waals surface area contributed by atoms with Gasteiger partial charge in [-0.2, -0.15) is 0 Å². The maximum atomic E-state index is 13.0. The van der Waals surface area contributed by atoms with Crippen molar-refractivity contribution in [1.82, 2.24) is 14.8 Å². The van der Waals surface area contributed by atoms with E-state index in [0.717, 1.165) is 37.5 Å². The molecule has 1 N–H and O–H groups in total. The predicted octanol–water partition coefficient (Wildman–Crippen LogP) is 3.07. The molecule has 0 saturated carbocycles. The molecule has 8 nitrogen and oxygen atoms in total. The van der Waals surface area contributed by atoms with Crippen LogP contribution in [0.3, 0.4) is 0 Å². The number of carbonyl (C=O) groups is 2. The van der Waals surface area contributed by atoms with Crippen LogP contribution in [0.15, 0.2) is 29.6 Å². The van der Waals surface area contributed by atoms with Gasteiger partial charge in [-0.25, -0.2) is 4.98 Å². The largest absolute Gasteiger partial charge is 0.481 e. The monoisotopic (exact) mass is 501 g/mol. The topological polar surface area (TPSA) is 92.2 Å². The summed E-state index contributed by atoms with van der Waals surface area (Å²) in [5, 5.41) is 11.5. The normalized spacial score (nSPS) is 17.6. The number of carboxylic acids is 1. The molecule has 0 radical (unpaired) electrons. The summed E-state index contributed by atoms with van der Waals surface area (Å²) >= 11 is 1.56. The Bertz CT molecular complexity index is 1020. The van der Waals surface area contributed by atoms with Crippen LogP contribution in [0.5, 0.6) is 0 Å². The molecule has 2 saturated heterocycles. The van der Waals surface area contributed by atoms with E-state index in [2.05, 4.69) is 48.0 Å². The Morgan fingerprint density at radius 2 is 1.97 bits per heavy atom. The molecule has 190 valence electrons. The van der Waals surface area contributed by atoms with Crippen molar-refractivity contribution in [3.8, 4) is 0 Å². The summed E-state index contributed by atoms with van der Waals surface area (Å²) in [7, 11) is 0. The lowest BCUT2D eigenvalue weighted by Gasteiger charge is -2.54. The van der Waals surface area contributed by atoms with Crippen molar-refractivity contribution < 1.29 is 24.2 Å². The number of thiazole rings is 1. The number of rotatable bonds is 11. The van der Waals surface area contributed by atoms with Crippen LogP contribution < -0.4 is 0 Å². The molecule has 1 spiro atoms. The molecule has 1 amide bonds. The summed E-state index contributed by atoms with van der Waals surface area (Å²) in [4.78, 5) is 32.4. The van der Waals surface area contributed by atoms with Crippen molar-refractivity contribution in [3.05, 3.63) is 51.5 Å². The number of aliphatic carboxylic acids is 1. The lowest BCUT2D eigenvalue weighted by atomic mass is 9.91. The Balaban J connectivity index is 1.21. The zero-order chi connectivity index (χ0) is 24.8. The summed E-state index contributed by atoms with van der Waals surface area (Å²) < 4.78 is 11.5. The van der Waals surface area contributed by atoms with Gasteiger partial charge in [-0.3, -0.25) is 14.5 Å². The average Bonchev–Trinajstić information content (AvgIpc) is 3.32. The van der Waals surface area contributed by atoms with Crippen LogP contribution in [0.2, 0.25) is 0 Å². The first kappa shape index (κ1) is 25.8. The van der Waals surface area contributed by atoms with Gasteiger partial charge < -0.3 is 19.5 Å². The minimum absolute atomic E-state index is 0.0121. The number of benzene rings is 1. The van der Waals surface area contributed by atoms with Gasteiger partial charge in [-0.1, -0.05) is 38.1 Å². The van der Waals surface area contributed by atoms with Crippen molar-refractivity contribution >= 4 is 23.2 Å². The number of aromatic nitrogens is 1. The first-order chi connectivity index (χ1) is 16.8. The van der Waals surface area contributed by atoms with E-state index in [9.17, 15) is 9.59 Å². The highest BCUT2D eigenvalue weighted by atomic mass is 32.1. The highest BCUT2D eigenvalue weighted by Gasteiger charge is 2.48. The van der Waals surface area contributed by atoms with Gasteiger partial charge in [-0.15, -0.1) is 11.3 Å². The minimum Gasteiger partial charge on any atom is -0.481 e. The van der Waals surface area contributed by atoms with Crippen molar-refractivity contribution in [2.24, 2.45) is 0 Å². The summed E-state index contributed by atoms with van der Waals surface area (Å²) in [6.45, 7) is 9.38. The first-order valence-corrected chi connectivity index (χ1v) is 13.2. The zero-order valence-electron chi connectivity index (χ0n) is 20.6. The number of likely N-dealkylation sites (tertiary alicyclic amines) is 1. The Kier molecular flexibility index (Phi) is 8.54. The number of carboxylic acid groups (broad SMARTS) is 1. The van der Waals surface area contributed by atoms with Crippen LogP contribution in [-0.4, -0.2) is 89.9 Å². The predicted molar refractivity (Wildman–Crippen MR) is 134 cm³/mol. The molecule has 0 aliphatic carbocycles. The van der Waals surface area contributed by atoms with Crippen LogP contribution in [0.4, 0.5) is 0 Å². The smallest absolute Gasteiger partial charge is 0.305 e. The minimum atomic E-state index is -0.836. The third-order valence-electron chi connectivity index (χ3n) is 6.50. The SMILES string of the molecule is CC(C)c1nc(C(=O)N2CCOC3(CN(CCc4cccc(CCOCCC(=O)O)c4)C3)C2)cs1. The van der Waals surface area contributed by atoms with E-state index >= 15 is 0 Å². The summed E-state index contributed by atoms with van der Waals surface area (Å²) in [5.41, 5.74) is 2.77. The summed E-state index contributed by atoms with van der Waals surface area (Å²) in [6, 6.07) is 8.49. The van der Waals surface area contributed by atoms with E-state index in [1.807, 2.05) is 10.3 Å². The first-order valence-electron chi connectivity index (χ1n) is 12.3. The number of hydrogen-bond donors (Lipinski definition) is 1. The maximum absolute atomic E-state index is 13.0. The van der Waals surface area contributed by atoms with Crippen molar-refractivity contribution in [3.63, 3.8) is 0 Å². The van der Waals surface area contributed by atoms with Gasteiger partial charge in [0.25, 0.3) is 5.91 Å². The molecule has 2 fully saturated rings. The van der Waals surface area contributed by atoms with Gasteiger partial charge in [0.2, 0.25) is 0 Å². The van der Waals surface area contributed by atoms with Crippen LogP contribution >= 0.6 is 11.3 Å². The van der Waals surface area contributed by atoms with Crippen LogP contribution in [0, 0.1) is 0 Å². The fourth-order valence-corrected chi connectivity index (χ4v) is 5.44. The molecule has 35 heavy (non-hydrogen) atoms. The Labute approximate surface area is 210 Å².